The molecule has 2 heterocycles. The summed E-state index contributed by atoms with van der Waals surface area (Å²) >= 11 is 4.86. The van der Waals surface area contributed by atoms with Crippen LogP contribution in [0.4, 0.5) is 15.8 Å². The molecule has 0 saturated carbocycles. The number of nitrogens with one attached hydrogen (secondary N) is 1. The van der Waals surface area contributed by atoms with Gasteiger partial charge >= 0.3 is 0 Å². The van der Waals surface area contributed by atoms with Crippen LogP contribution in [0, 0.1) is 5.82 Å². The van der Waals surface area contributed by atoms with E-state index in [1.807, 2.05) is 12.1 Å². The minimum atomic E-state index is -0.519. The Morgan fingerprint density at radius 1 is 1.33 bits per heavy atom. The maximum atomic E-state index is 14.2. The fourth-order valence-corrected chi connectivity index (χ4v) is 3.79. The summed E-state index contributed by atoms with van der Waals surface area (Å²) in [4.78, 5) is 26.0. The van der Waals surface area contributed by atoms with Crippen LogP contribution < -0.4 is 10.2 Å². The molecule has 1 N–H and O–H groups in total. The molecule has 1 fully saturated rings. The van der Waals surface area contributed by atoms with E-state index in [2.05, 4.69) is 21.2 Å². The van der Waals surface area contributed by atoms with Crippen molar-refractivity contribution in [1.29, 1.82) is 0 Å². The highest BCUT2D eigenvalue weighted by atomic mass is 79.9. The van der Waals surface area contributed by atoms with E-state index < -0.39 is 5.82 Å². The first-order valence-electron chi connectivity index (χ1n) is 7.37. The summed E-state index contributed by atoms with van der Waals surface area (Å²) in [5.74, 6) is -0.936. The lowest BCUT2D eigenvalue weighted by atomic mass is 10.2. The normalized spacial score (nSPS) is 14.6. The standard InChI is InChI=1S/C17H14BrFN2O2S/c18-15-7-4-12(24-15)5-8-16(22)20-11-3-6-14(13(19)10-11)21-9-1-2-17(21)23/h3-8,10H,1-2,9H2,(H,20,22). The second-order valence-corrected chi connectivity index (χ2v) is 7.77. The molecular formula is C17H14BrFN2O2S. The molecular weight excluding hydrogens is 395 g/mol. The van der Waals surface area contributed by atoms with E-state index in [0.717, 1.165) is 15.1 Å². The number of amides is 2. The Morgan fingerprint density at radius 2 is 2.17 bits per heavy atom. The lowest BCUT2D eigenvalue weighted by molar-refractivity contribution is -0.117. The molecule has 4 nitrogen and oxygen atoms in total. The van der Waals surface area contributed by atoms with Crippen LogP contribution in [0.5, 0.6) is 0 Å². The summed E-state index contributed by atoms with van der Waals surface area (Å²) in [5.41, 5.74) is 0.611. The van der Waals surface area contributed by atoms with Crippen LogP contribution in [0.2, 0.25) is 0 Å². The summed E-state index contributed by atoms with van der Waals surface area (Å²) in [7, 11) is 0. The third-order valence-corrected chi connectivity index (χ3v) is 5.16. The Morgan fingerprint density at radius 3 is 2.79 bits per heavy atom. The number of thiophene rings is 1. The Bertz CT molecular complexity index is 819. The van der Waals surface area contributed by atoms with Crippen molar-refractivity contribution in [1.82, 2.24) is 0 Å². The zero-order chi connectivity index (χ0) is 17.1. The van der Waals surface area contributed by atoms with Crippen molar-refractivity contribution in [3.63, 3.8) is 0 Å². The third kappa shape index (κ3) is 3.91. The van der Waals surface area contributed by atoms with Crippen molar-refractivity contribution >= 4 is 56.5 Å². The van der Waals surface area contributed by atoms with Crippen LogP contribution >= 0.6 is 27.3 Å². The van der Waals surface area contributed by atoms with Gasteiger partial charge in [0.15, 0.2) is 0 Å². The molecule has 1 aliphatic heterocycles. The number of anilines is 2. The minimum absolute atomic E-state index is 0.0734. The van der Waals surface area contributed by atoms with Gasteiger partial charge < -0.3 is 10.2 Å². The van der Waals surface area contributed by atoms with E-state index >= 15 is 0 Å². The average Bonchev–Trinajstić information content (AvgIpc) is 3.14. The lowest BCUT2D eigenvalue weighted by Gasteiger charge is -2.17. The molecule has 0 bridgehead atoms. The molecule has 2 aromatic rings. The molecule has 1 aromatic heterocycles. The van der Waals surface area contributed by atoms with Crippen molar-refractivity contribution in [3.05, 3.63) is 50.9 Å². The number of benzene rings is 1. The number of hydrogen-bond acceptors (Lipinski definition) is 3. The Balaban J connectivity index is 1.67. The van der Waals surface area contributed by atoms with Crippen molar-refractivity contribution in [2.45, 2.75) is 12.8 Å². The second-order valence-electron chi connectivity index (χ2n) is 5.28. The number of nitrogens with zero attached hydrogens (tertiary/aromatic N) is 1. The summed E-state index contributed by atoms with van der Waals surface area (Å²) in [5, 5.41) is 2.61. The first-order valence-corrected chi connectivity index (χ1v) is 8.98. The van der Waals surface area contributed by atoms with Crippen LogP contribution in [0.1, 0.15) is 17.7 Å². The largest absolute Gasteiger partial charge is 0.322 e. The number of rotatable bonds is 4. The molecule has 1 aliphatic rings. The maximum Gasteiger partial charge on any atom is 0.248 e. The van der Waals surface area contributed by atoms with Crippen molar-refractivity contribution in [3.8, 4) is 0 Å². The molecule has 0 unspecified atom stereocenters. The first kappa shape index (κ1) is 16.9. The van der Waals surface area contributed by atoms with Crippen LogP contribution in [0.3, 0.4) is 0 Å². The molecule has 0 spiro atoms. The van der Waals surface area contributed by atoms with Crippen LogP contribution in [0.25, 0.3) is 6.08 Å². The fraction of sp³-hybridized carbons (Fsp3) is 0.176. The van der Waals surface area contributed by atoms with Crippen molar-refractivity contribution < 1.29 is 14.0 Å². The molecule has 0 aliphatic carbocycles. The second kappa shape index (κ2) is 7.27. The SMILES string of the molecule is O=C(C=Cc1ccc(Br)s1)Nc1ccc(N2CCCC2=O)c(F)c1. The van der Waals surface area contributed by atoms with E-state index in [0.29, 0.717) is 18.7 Å². The predicted octanol–water partition coefficient (Wildman–Crippen LogP) is 4.43. The molecule has 7 heteroatoms. The van der Waals surface area contributed by atoms with Crippen molar-refractivity contribution in [2.24, 2.45) is 0 Å². The van der Waals surface area contributed by atoms with Crippen LogP contribution in [-0.2, 0) is 9.59 Å². The highest BCUT2D eigenvalue weighted by Gasteiger charge is 2.24. The molecule has 3 rings (SSSR count). The maximum absolute atomic E-state index is 14.2. The predicted molar refractivity (Wildman–Crippen MR) is 97.7 cm³/mol. The molecule has 0 radical (unpaired) electrons. The van der Waals surface area contributed by atoms with Gasteiger partial charge in [0.25, 0.3) is 0 Å². The van der Waals surface area contributed by atoms with E-state index in [1.54, 1.807) is 12.1 Å². The third-order valence-electron chi connectivity index (χ3n) is 3.57. The van der Waals surface area contributed by atoms with Gasteiger partial charge in [-0.3, -0.25) is 9.59 Å². The van der Waals surface area contributed by atoms with E-state index in [1.165, 1.54) is 34.4 Å². The van der Waals surface area contributed by atoms with Gasteiger partial charge in [0, 0.05) is 29.6 Å². The van der Waals surface area contributed by atoms with E-state index in [4.69, 9.17) is 0 Å². The summed E-state index contributed by atoms with van der Waals surface area (Å²) in [6.07, 6.45) is 4.27. The molecule has 124 valence electrons. The van der Waals surface area contributed by atoms with Gasteiger partial charge in [-0.1, -0.05) is 0 Å². The Kier molecular flexibility index (Phi) is 5.11. The molecule has 24 heavy (non-hydrogen) atoms. The summed E-state index contributed by atoms with van der Waals surface area (Å²) in [6.45, 7) is 0.528. The van der Waals surface area contributed by atoms with Gasteiger partial charge in [-0.25, -0.2) is 4.39 Å². The average molecular weight is 409 g/mol. The molecule has 1 aromatic carbocycles. The lowest BCUT2D eigenvalue weighted by Crippen LogP contribution is -2.24. The van der Waals surface area contributed by atoms with Gasteiger partial charge in [-0.15, -0.1) is 11.3 Å². The van der Waals surface area contributed by atoms with Gasteiger partial charge in [0.2, 0.25) is 11.8 Å². The molecule has 0 atom stereocenters. The number of carbonyl (C=O) groups excluding carboxylic acids is 2. The number of hydrogen-bond donors (Lipinski definition) is 1. The zero-order valence-corrected chi connectivity index (χ0v) is 15.0. The summed E-state index contributed by atoms with van der Waals surface area (Å²) in [6, 6.07) is 8.14. The van der Waals surface area contributed by atoms with Gasteiger partial charge in [-0.2, -0.15) is 0 Å². The van der Waals surface area contributed by atoms with Crippen LogP contribution in [0.15, 0.2) is 40.2 Å². The van der Waals surface area contributed by atoms with E-state index in [-0.39, 0.29) is 17.5 Å². The van der Waals surface area contributed by atoms with Gasteiger partial charge in [0.05, 0.1) is 9.47 Å². The Hall–Kier alpha value is -1.99. The number of carbonyl (C=O) groups is 2. The minimum Gasteiger partial charge on any atom is -0.322 e. The Labute approximate surface area is 151 Å². The molecule has 2 amide bonds. The fourth-order valence-electron chi connectivity index (χ4n) is 2.47. The topological polar surface area (TPSA) is 49.4 Å². The van der Waals surface area contributed by atoms with Crippen LogP contribution in [-0.4, -0.2) is 18.4 Å². The quantitative estimate of drug-likeness (QED) is 0.760. The van der Waals surface area contributed by atoms with Crippen molar-refractivity contribution in [2.75, 3.05) is 16.8 Å². The summed E-state index contributed by atoms with van der Waals surface area (Å²) < 4.78 is 15.2. The monoisotopic (exact) mass is 408 g/mol. The first-order chi connectivity index (χ1) is 11.5. The molecule has 1 saturated heterocycles. The van der Waals surface area contributed by atoms with Gasteiger partial charge in [-0.05, 0) is 58.8 Å². The highest BCUT2D eigenvalue weighted by Crippen LogP contribution is 2.27. The number of halogens is 2. The smallest absolute Gasteiger partial charge is 0.248 e. The van der Waals surface area contributed by atoms with E-state index in [9.17, 15) is 14.0 Å². The van der Waals surface area contributed by atoms with Gasteiger partial charge in [0.1, 0.15) is 5.82 Å². The highest BCUT2D eigenvalue weighted by molar-refractivity contribution is 9.11. The zero-order valence-electron chi connectivity index (χ0n) is 12.6.